The molecule has 0 bridgehead atoms. The topological polar surface area (TPSA) is 54.0 Å². The van der Waals surface area contributed by atoms with Crippen LogP contribution in [0.1, 0.15) is 25.8 Å². The zero-order chi connectivity index (χ0) is 16.9. The molecule has 1 fully saturated rings. The fourth-order valence-corrected chi connectivity index (χ4v) is 3.27. The molecule has 0 amide bonds. The van der Waals surface area contributed by atoms with E-state index in [1.807, 2.05) is 44.2 Å². The summed E-state index contributed by atoms with van der Waals surface area (Å²) in [7, 11) is 1.39. The molecule has 2 rings (SSSR count). The maximum atomic E-state index is 11.7. The van der Waals surface area contributed by atoms with Crippen molar-refractivity contribution in [2.24, 2.45) is 0 Å². The van der Waals surface area contributed by atoms with E-state index in [0.717, 1.165) is 5.56 Å². The molecule has 0 spiro atoms. The molecule has 0 radical (unpaired) electrons. The first-order valence-corrected chi connectivity index (χ1v) is 8.85. The molecule has 1 aliphatic rings. The summed E-state index contributed by atoms with van der Waals surface area (Å²) in [5.74, 6) is -1.03. The predicted molar refractivity (Wildman–Crippen MR) is 94.4 cm³/mol. The van der Waals surface area contributed by atoms with E-state index in [4.69, 9.17) is 18.9 Å². The van der Waals surface area contributed by atoms with Crippen molar-refractivity contribution in [1.82, 2.24) is 0 Å². The number of methoxy groups -OCH3 is 1. The van der Waals surface area contributed by atoms with E-state index in [0.29, 0.717) is 19.6 Å². The SMILES string of the molecule is COC(=O)C(I)[C@H]1C[C@@H](COCc2ccccc2)OC(C)(C)O1. The molecule has 1 aromatic rings. The molecular weight excluding hydrogens is 411 g/mol. The first-order chi connectivity index (χ1) is 10.9. The van der Waals surface area contributed by atoms with Crippen LogP contribution in [0.5, 0.6) is 0 Å². The maximum absolute atomic E-state index is 11.7. The number of carbonyl (C=O) groups is 1. The lowest BCUT2D eigenvalue weighted by atomic mass is 10.1. The summed E-state index contributed by atoms with van der Waals surface area (Å²) < 4.78 is 22.0. The quantitative estimate of drug-likeness (QED) is 0.392. The van der Waals surface area contributed by atoms with Gasteiger partial charge in [0.25, 0.3) is 0 Å². The lowest BCUT2D eigenvalue weighted by molar-refractivity contribution is -0.304. The van der Waals surface area contributed by atoms with Gasteiger partial charge in [-0.25, -0.2) is 0 Å². The Morgan fingerprint density at radius 1 is 1.35 bits per heavy atom. The largest absolute Gasteiger partial charge is 0.468 e. The molecule has 1 saturated heterocycles. The number of hydrogen-bond donors (Lipinski definition) is 0. The lowest BCUT2D eigenvalue weighted by Gasteiger charge is -2.41. The van der Waals surface area contributed by atoms with Crippen LogP contribution in [0.4, 0.5) is 0 Å². The smallest absolute Gasteiger partial charge is 0.321 e. The number of halogens is 1. The number of benzene rings is 1. The molecule has 0 saturated carbocycles. The molecule has 1 aliphatic heterocycles. The van der Waals surface area contributed by atoms with Gasteiger partial charge in [-0.2, -0.15) is 0 Å². The van der Waals surface area contributed by atoms with Crippen LogP contribution in [0, 0.1) is 0 Å². The summed E-state index contributed by atoms with van der Waals surface area (Å²) in [6, 6.07) is 10.00. The van der Waals surface area contributed by atoms with Gasteiger partial charge in [0.15, 0.2) is 5.79 Å². The summed E-state index contributed by atoms with van der Waals surface area (Å²) in [5.41, 5.74) is 1.12. The van der Waals surface area contributed by atoms with Gasteiger partial charge in [0, 0.05) is 6.42 Å². The molecule has 1 heterocycles. The first kappa shape index (κ1) is 18.6. The normalized spacial score (nSPS) is 24.9. The van der Waals surface area contributed by atoms with E-state index in [-0.39, 0.29) is 22.1 Å². The third kappa shape index (κ3) is 5.70. The molecule has 0 N–H and O–H groups in total. The van der Waals surface area contributed by atoms with Crippen molar-refractivity contribution >= 4 is 28.6 Å². The van der Waals surface area contributed by atoms with Gasteiger partial charge in [0.2, 0.25) is 0 Å². The standard InChI is InChI=1S/C17H23IO5/c1-17(2)22-13(9-14(23-17)15(18)16(19)20-3)11-21-10-12-7-5-4-6-8-12/h4-8,13-15H,9-11H2,1-3H3/t13-,14+,15?/m0/s1. The van der Waals surface area contributed by atoms with Crippen molar-refractivity contribution in [3.05, 3.63) is 35.9 Å². The van der Waals surface area contributed by atoms with Crippen LogP contribution in [0.25, 0.3) is 0 Å². The van der Waals surface area contributed by atoms with Crippen molar-refractivity contribution in [3.63, 3.8) is 0 Å². The van der Waals surface area contributed by atoms with Crippen LogP contribution < -0.4 is 0 Å². The van der Waals surface area contributed by atoms with E-state index in [9.17, 15) is 4.79 Å². The minimum Gasteiger partial charge on any atom is -0.468 e. The lowest BCUT2D eigenvalue weighted by Crippen LogP contribution is -2.50. The average molecular weight is 434 g/mol. The van der Waals surface area contributed by atoms with Crippen molar-refractivity contribution in [2.75, 3.05) is 13.7 Å². The zero-order valence-electron chi connectivity index (χ0n) is 13.7. The third-order valence-corrected chi connectivity index (χ3v) is 4.86. The molecule has 3 atom stereocenters. The minimum absolute atomic E-state index is 0.116. The van der Waals surface area contributed by atoms with Gasteiger partial charge in [-0.05, 0) is 19.4 Å². The van der Waals surface area contributed by atoms with Crippen molar-refractivity contribution < 1.29 is 23.7 Å². The Hall–Kier alpha value is -0.700. The number of hydrogen-bond acceptors (Lipinski definition) is 5. The highest BCUT2D eigenvalue weighted by atomic mass is 127. The van der Waals surface area contributed by atoms with E-state index in [1.165, 1.54) is 7.11 Å². The number of esters is 1. The van der Waals surface area contributed by atoms with E-state index in [1.54, 1.807) is 0 Å². The summed E-state index contributed by atoms with van der Waals surface area (Å²) >= 11 is 2.06. The monoisotopic (exact) mass is 434 g/mol. The Bertz CT molecular complexity index is 505. The van der Waals surface area contributed by atoms with Crippen LogP contribution in [0.15, 0.2) is 30.3 Å². The van der Waals surface area contributed by atoms with Gasteiger partial charge in [-0.15, -0.1) is 0 Å². The van der Waals surface area contributed by atoms with Gasteiger partial charge in [0.05, 0.1) is 32.5 Å². The van der Waals surface area contributed by atoms with Crippen molar-refractivity contribution in [3.8, 4) is 0 Å². The summed E-state index contributed by atoms with van der Waals surface area (Å²) in [4.78, 5) is 11.7. The second-order valence-corrected chi connectivity index (χ2v) is 7.30. The highest BCUT2D eigenvalue weighted by molar-refractivity contribution is 14.1. The van der Waals surface area contributed by atoms with Gasteiger partial charge in [-0.3, -0.25) is 4.79 Å². The minimum atomic E-state index is -0.749. The summed E-state index contributed by atoms with van der Waals surface area (Å²) in [6.07, 6.45) is 0.229. The van der Waals surface area contributed by atoms with Gasteiger partial charge < -0.3 is 18.9 Å². The van der Waals surface area contributed by atoms with Gasteiger partial charge in [-0.1, -0.05) is 52.9 Å². The van der Waals surface area contributed by atoms with Crippen molar-refractivity contribution in [1.29, 1.82) is 0 Å². The average Bonchev–Trinajstić information content (AvgIpc) is 2.53. The van der Waals surface area contributed by atoms with Crippen LogP contribution in [-0.2, 0) is 30.3 Å². The molecule has 1 unspecified atom stereocenters. The number of carbonyl (C=O) groups excluding carboxylic acids is 1. The molecule has 6 heteroatoms. The van der Waals surface area contributed by atoms with Crippen molar-refractivity contribution in [2.45, 2.75) is 48.8 Å². The predicted octanol–water partition coefficient (Wildman–Crippen LogP) is 3.09. The summed E-state index contributed by atoms with van der Waals surface area (Å²) in [5, 5.41) is 0. The molecule has 1 aromatic carbocycles. The Balaban J connectivity index is 1.89. The Labute approximate surface area is 150 Å². The van der Waals surface area contributed by atoms with Crippen LogP contribution in [-0.4, -0.2) is 41.6 Å². The molecule has 5 nitrogen and oxygen atoms in total. The van der Waals surface area contributed by atoms with Crippen LogP contribution in [0.2, 0.25) is 0 Å². The number of alkyl halides is 1. The fourth-order valence-electron chi connectivity index (χ4n) is 2.58. The fraction of sp³-hybridized carbons (Fsp3) is 0.588. The molecular formula is C17H23IO5. The molecule has 0 aromatic heterocycles. The highest BCUT2D eigenvalue weighted by Crippen LogP contribution is 2.31. The van der Waals surface area contributed by atoms with E-state index < -0.39 is 5.79 Å². The molecule has 0 aliphatic carbocycles. The Morgan fingerprint density at radius 2 is 2.04 bits per heavy atom. The zero-order valence-corrected chi connectivity index (χ0v) is 15.8. The van der Waals surface area contributed by atoms with Gasteiger partial charge >= 0.3 is 5.97 Å². The Kier molecular flexibility index (Phi) is 6.82. The number of ether oxygens (including phenoxy) is 4. The van der Waals surface area contributed by atoms with Gasteiger partial charge in [0.1, 0.15) is 3.92 Å². The molecule has 128 valence electrons. The highest BCUT2D eigenvalue weighted by Gasteiger charge is 2.41. The Morgan fingerprint density at radius 3 is 2.70 bits per heavy atom. The summed E-state index contributed by atoms with van der Waals surface area (Å²) in [6.45, 7) is 4.70. The van der Waals surface area contributed by atoms with E-state index in [2.05, 4.69) is 22.6 Å². The molecule has 23 heavy (non-hydrogen) atoms. The number of rotatable bonds is 6. The second kappa shape index (κ2) is 8.41. The van der Waals surface area contributed by atoms with E-state index >= 15 is 0 Å². The van der Waals surface area contributed by atoms with Crippen LogP contribution in [0.3, 0.4) is 0 Å². The maximum Gasteiger partial charge on any atom is 0.321 e. The third-order valence-electron chi connectivity index (χ3n) is 3.55. The second-order valence-electron chi connectivity index (χ2n) is 5.96. The first-order valence-electron chi connectivity index (χ1n) is 7.60. The van der Waals surface area contributed by atoms with Crippen LogP contribution >= 0.6 is 22.6 Å².